The van der Waals surface area contributed by atoms with E-state index in [1.807, 2.05) is 6.92 Å². The second-order valence-corrected chi connectivity index (χ2v) is 8.46. The van der Waals surface area contributed by atoms with Crippen molar-refractivity contribution in [1.29, 1.82) is 0 Å². The number of benzene rings is 5. The molecule has 5 rings (SSSR count). The SMILES string of the molecule is CCCCCCOc1c(O)c(C)cc2c3ccccc3c3ccc4ccccc4c3c12. The monoisotopic (exact) mass is 408 g/mol. The molecule has 0 saturated heterocycles. The summed E-state index contributed by atoms with van der Waals surface area (Å²) in [5.74, 6) is 0.881. The van der Waals surface area contributed by atoms with E-state index in [-0.39, 0.29) is 5.75 Å². The number of aryl methyl sites for hydroxylation is 1. The van der Waals surface area contributed by atoms with Gasteiger partial charge in [0.1, 0.15) is 0 Å². The van der Waals surface area contributed by atoms with E-state index in [9.17, 15) is 5.11 Å². The van der Waals surface area contributed by atoms with Gasteiger partial charge in [-0.15, -0.1) is 0 Å². The zero-order chi connectivity index (χ0) is 21.4. The van der Waals surface area contributed by atoms with Crippen molar-refractivity contribution < 1.29 is 9.84 Å². The first-order valence-electron chi connectivity index (χ1n) is 11.3. The Labute approximate surface area is 183 Å². The van der Waals surface area contributed by atoms with Gasteiger partial charge >= 0.3 is 0 Å². The minimum absolute atomic E-state index is 0.257. The molecule has 5 aromatic rings. The molecule has 2 heteroatoms. The van der Waals surface area contributed by atoms with Crippen molar-refractivity contribution in [2.24, 2.45) is 0 Å². The van der Waals surface area contributed by atoms with Crippen LogP contribution < -0.4 is 4.74 Å². The van der Waals surface area contributed by atoms with Crippen molar-refractivity contribution in [2.75, 3.05) is 6.61 Å². The predicted molar refractivity (Wildman–Crippen MR) is 133 cm³/mol. The van der Waals surface area contributed by atoms with Gasteiger partial charge in [0.15, 0.2) is 11.5 Å². The summed E-state index contributed by atoms with van der Waals surface area (Å²) in [5, 5.41) is 20.4. The molecule has 0 heterocycles. The Kier molecular flexibility index (Phi) is 5.15. The molecular weight excluding hydrogens is 380 g/mol. The van der Waals surface area contributed by atoms with Crippen molar-refractivity contribution >= 4 is 43.1 Å². The molecule has 0 radical (unpaired) electrons. The standard InChI is InChI=1S/C29H28O2/c1-3-4-5-10-17-31-29-27-25(18-19(2)28(29)30)23-14-9-8-13-22(23)24-16-15-20-11-6-7-12-21(20)26(24)27/h6-9,11-16,18,30H,3-5,10,17H2,1-2H3. The summed E-state index contributed by atoms with van der Waals surface area (Å²) in [7, 11) is 0. The highest BCUT2D eigenvalue weighted by Crippen LogP contribution is 2.47. The second-order valence-electron chi connectivity index (χ2n) is 8.46. The van der Waals surface area contributed by atoms with Crippen LogP contribution in [0.5, 0.6) is 11.5 Å². The van der Waals surface area contributed by atoms with Gasteiger partial charge in [0.2, 0.25) is 0 Å². The highest BCUT2D eigenvalue weighted by atomic mass is 16.5. The number of hydrogen-bond donors (Lipinski definition) is 1. The molecule has 0 bridgehead atoms. The van der Waals surface area contributed by atoms with Crippen LogP contribution in [-0.2, 0) is 0 Å². The lowest BCUT2D eigenvalue weighted by atomic mass is 9.89. The third-order valence-corrected chi connectivity index (χ3v) is 6.38. The quantitative estimate of drug-likeness (QED) is 0.226. The summed E-state index contributed by atoms with van der Waals surface area (Å²) in [4.78, 5) is 0. The predicted octanol–water partition coefficient (Wildman–Crippen LogP) is 8.27. The number of fused-ring (bicyclic) bond motifs is 8. The molecule has 0 aliphatic rings. The molecule has 0 aliphatic carbocycles. The molecule has 0 fully saturated rings. The summed E-state index contributed by atoms with van der Waals surface area (Å²) in [5.41, 5.74) is 0.848. The van der Waals surface area contributed by atoms with Gasteiger partial charge in [0.05, 0.1) is 6.61 Å². The van der Waals surface area contributed by atoms with Crippen LogP contribution in [0.15, 0.2) is 66.7 Å². The van der Waals surface area contributed by atoms with Crippen LogP contribution >= 0.6 is 0 Å². The Morgan fingerprint density at radius 2 is 1.42 bits per heavy atom. The minimum Gasteiger partial charge on any atom is -0.504 e. The molecule has 2 nitrogen and oxygen atoms in total. The van der Waals surface area contributed by atoms with Crippen LogP contribution in [0.2, 0.25) is 0 Å². The molecule has 1 N–H and O–H groups in total. The Bertz CT molecular complexity index is 1420. The average molecular weight is 409 g/mol. The average Bonchev–Trinajstić information content (AvgIpc) is 2.81. The van der Waals surface area contributed by atoms with Crippen LogP contribution in [0.3, 0.4) is 0 Å². The van der Waals surface area contributed by atoms with Crippen molar-refractivity contribution in [3.05, 3.63) is 72.3 Å². The minimum atomic E-state index is 0.257. The van der Waals surface area contributed by atoms with Gasteiger partial charge in [-0.1, -0.05) is 86.8 Å². The summed E-state index contributed by atoms with van der Waals surface area (Å²) in [6, 6.07) is 23.5. The molecule has 5 aromatic carbocycles. The smallest absolute Gasteiger partial charge is 0.169 e. The number of ether oxygens (including phenoxy) is 1. The van der Waals surface area contributed by atoms with Crippen LogP contribution in [0.25, 0.3) is 43.1 Å². The number of aromatic hydroxyl groups is 1. The lowest BCUT2D eigenvalue weighted by Crippen LogP contribution is -2.00. The van der Waals surface area contributed by atoms with Gasteiger partial charge in [-0.05, 0) is 57.3 Å². The lowest BCUT2D eigenvalue weighted by molar-refractivity contribution is 0.292. The molecule has 0 aromatic heterocycles. The van der Waals surface area contributed by atoms with Crippen LogP contribution in [-0.4, -0.2) is 11.7 Å². The van der Waals surface area contributed by atoms with Crippen LogP contribution in [0.1, 0.15) is 38.2 Å². The second kappa shape index (κ2) is 8.11. The van der Waals surface area contributed by atoms with Crippen molar-refractivity contribution in [2.45, 2.75) is 39.5 Å². The fourth-order valence-electron chi connectivity index (χ4n) is 4.80. The van der Waals surface area contributed by atoms with Crippen molar-refractivity contribution in [3.63, 3.8) is 0 Å². The van der Waals surface area contributed by atoms with E-state index in [0.29, 0.717) is 12.4 Å². The number of phenolic OH excluding ortho intramolecular Hbond substituents is 1. The summed E-state index contributed by atoms with van der Waals surface area (Å²) in [6.07, 6.45) is 4.55. The van der Waals surface area contributed by atoms with E-state index in [2.05, 4.69) is 73.7 Å². The Hall–Kier alpha value is -3.26. The van der Waals surface area contributed by atoms with Gasteiger partial charge < -0.3 is 9.84 Å². The molecule has 0 spiro atoms. The van der Waals surface area contributed by atoms with E-state index < -0.39 is 0 Å². The maximum atomic E-state index is 11.1. The van der Waals surface area contributed by atoms with E-state index in [4.69, 9.17) is 4.74 Å². The topological polar surface area (TPSA) is 29.5 Å². The highest BCUT2D eigenvalue weighted by molar-refractivity contribution is 6.33. The third kappa shape index (κ3) is 3.27. The maximum Gasteiger partial charge on any atom is 0.169 e. The first-order valence-corrected chi connectivity index (χ1v) is 11.3. The summed E-state index contributed by atoms with van der Waals surface area (Å²) in [6.45, 7) is 4.79. The van der Waals surface area contributed by atoms with E-state index in [1.165, 1.54) is 39.8 Å². The first-order chi connectivity index (χ1) is 15.2. The Balaban J connectivity index is 1.89. The van der Waals surface area contributed by atoms with Crippen molar-refractivity contribution in [1.82, 2.24) is 0 Å². The number of unbranched alkanes of at least 4 members (excludes halogenated alkanes) is 3. The molecule has 0 unspecified atom stereocenters. The summed E-state index contributed by atoms with van der Waals surface area (Å²) >= 11 is 0. The maximum absolute atomic E-state index is 11.1. The summed E-state index contributed by atoms with van der Waals surface area (Å²) < 4.78 is 6.33. The van der Waals surface area contributed by atoms with E-state index >= 15 is 0 Å². The fraction of sp³-hybridized carbons (Fsp3) is 0.241. The molecule has 156 valence electrons. The van der Waals surface area contributed by atoms with Gasteiger partial charge in [0, 0.05) is 10.8 Å². The molecule has 0 saturated carbocycles. The van der Waals surface area contributed by atoms with Gasteiger partial charge in [-0.3, -0.25) is 0 Å². The Morgan fingerprint density at radius 3 is 2.19 bits per heavy atom. The zero-order valence-corrected chi connectivity index (χ0v) is 18.2. The molecular formula is C29H28O2. The lowest BCUT2D eigenvalue weighted by Gasteiger charge is -2.18. The molecule has 0 amide bonds. The fourth-order valence-corrected chi connectivity index (χ4v) is 4.80. The van der Waals surface area contributed by atoms with Crippen molar-refractivity contribution in [3.8, 4) is 11.5 Å². The van der Waals surface area contributed by atoms with E-state index in [0.717, 1.165) is 34.6 Å². The Morgan fingerprint density at radius 1 is 0.710 bits per heavy atom. The molecule has 0 aliphatic heterocycles. The number of rotatable bonds is 6. The van der Waals surface area contributed by atoms with Crippen LogP contribution in [0.4, 0.5) is 0 Å². The molecule has 31 heavy (non-hydrogen) atoms. The van der Waals surface area contributed by atoms with E-state index in [1.54, 1.807) is 0 Å². The third-order valence-electron chi connectivity index (χ3n) is 6.38. The normalized spacial score (nSPS) is 11.7. The van der Waals surface area contributed by atoms with Gasteiger partial charge in [-0.2, -0.15) is 0 Å². The van der Waals surface area contributed by atoms with Crippen LogP contribution in [0, 0.1) is 6.92 Å². The molecule has 0 atom stereocenters. The highest BCUT2D eigenvalue weighted by Gasteiger charge is 2.19. The van der Waals surface area contributed by atoms with Gasteiger partial charge in [0.25, 0.3) is 0 Å². The van der Waals surface area contributed by atoms with Gasteiger partial charge in [-0.25, -0.2) is 0 Å². The zero-order valence-electron chi connectivity index (χ0n) is 18.2. The largest absolute Gasteiger partial charge is 0.504 e. The number of hydrogen-bond acceptors (Lipinski definition) is 2. The number of phenols is 1. The first kappa shape index (κ1) is 19.7.